The quantitative estimate of drug-likeness (QED) is 0.642. The van der Waals surface area contributed by atoms with Crippen molar-refractivity contribution in [3.63, 3.8) is 0 Å². The highest BCUT2D eigenvalue weighted by Crippen LogP contribution is 2.24. The van der Waals surface area contributed by atoms with Crippen molar-refractivity contribution in [2.45, 2.75) is 23.8 Å². The van der Waals surface area contributed by atoms with Crippen LogP contribution in [-0.2, 0) is 19.6 Å². The summed E-state index contributed by atoms with van der Waals surface area (Å²) < 4.78 is 45.0. The van der Waals surface area contributed by atoms with E-state index in [4.69, 9.17) is 16.3 Å². The molecule has 9 heteroatoms. The van der Waals surface area contributed by atoms with Gasteiger partial charge in [0.1, 0.15) is 11.9 Å². The van der Waals surface area contributed by atoms with Crippen LogP contribution in [0.2, 0.25) is 5.02 Å². The number of amides is 1. The first kappa shape index (κ1) is 22.7. The Morgan fingerprint density at radius 1 is 1.20 bits per heavy atom. The molecule has 0 saturated carbocycles. The van der Waals surface area contributed by atoms with Crippen molar-refractivity contribution < 1.29 is 22.3 Å². The summed E-state index contributed by atoms with van der Waals surface area (Å²) in [4.78, 5) is 14.4. The molecule has 0 N–H and O–H groups in total. The Morgan fingerprint density at radius 2 is 1.87 bits per heavy atom. The Morgan fingerprint density at radius 3 is 2.53 bits per heavy atom. The predicted octanol–water partition coefficient (Wildman–Crippen LogP) is 3.48. The second-order valence-electron chi connectivity index (χ2n) is 7.13. The average molecular weight is 455 g/mol. The first-order valence-corrected chi connectivity index (χ1v) is 11.5. The minimum atomic E-state index is -3.72. The third-order valence-corrected chi connectivity index (χ3v) is 7.17. The fourth-order valence-corrected chi connectivity index (χ4v) is 4.61. The molecule has 0 radical (unpaired) electrons. The van der Waals surface area contributed by atoms with Crippen LogP contribution in [0, 0.1) is 5.82 Å². The predicted molar refractivity (Wildman–Crippen MR) is 112 cm³/mol. The number of sulfonamides is 1. The zero-order valence-electron chi connectivity index (χ0n) is 16.6. The summed E-state index contributed by atoms with van der Waals surface area (Å²) in [5.41, 5.74) is 0.960. The fourth-order valence-electron chi connectivity index (χ4n) is 3.27. The standard InChI is InChI=1S/C21H24ClFN2O4S/c1-24(30(27,28)19-10-8-18(23)9-11-19)12-2-3-21(26)25-13-14-29-20(15-25)16-4-6-17(22)7-5-16/h4-11,20H,2-3,12-15H2,1H3. The van der Waals surface area contributed by atoms with Crippen molar-refractivity contribution in [1.82, 2.24) is 9.21 Å². The van der Waals surface area contributed by atoms with Crippen LogP contribution < -0.4 is 0 Å². The van der Waals surface area contributed by atoms with Crippen LogP contribution in [0.15, 0.2) is 53.4 Å². The van der Waals surface area contributed by atoms with Crippen LogP contribution in [0.1, 0.15) is 24.5 Å². The zero-order chi connectivity index (χ0) is 21.7. The topological polar surface area (TPSA) is 66.9 Å². The first-order valence-electron chi connectivity index (χ1n) is 9.64. The molecule has 2 aromatic carbocycles. The Labute approximate surface area is 181 Å². The smallest absolute Gasteiger partial charge is 0.242 e. The van der Waals surface area contributed by atoms with Crippen molar-refractivity contribution in [2.24, 2.45) is 0 Å². The van der Waals surface area contributed by atoms with E-state index in [1.807, 2.05) is 12.1 Å². The van der Waals surface area contributed by atoms with Gasteiger partial charge in [0.05, 0.1) is 18.0 Å². The van der Waals surface area contributed by atoms with Crippen molar-refractivity contribution in [3.8, 4) is 0 Å². The van der Waals surface area contributed by atoms with Gasteiger partial charge in [0.15, 0.2) is 0 Å². The van der Waals surface area contributed by atoms with E-state index in [0.717, 1.165) is 17.7 Å². The largest absolute Gasteiger partial charge is 0.370 e. The summed E-state index contributed by atoms with van der Waals surface area (Å²) in [6.45, 7) is 1.59. The molecule has 30 heavy (non-hydrogen) atoms. The van der Waals surface area contributed by atoms with E-state index in [2.05, 4.69) is 0 Å². The van der Waals surface area contributed by atoms with E-state index in [0.29, 0.717) is 31.1 Å². The van der Waals surface area contributed by atoms with Gasteiger partial charge in [-0.15, -0.1) is 0 Å². The van der Waals surface area contributed by atoms with Crippen molar-refractivity contribution >= 4 is 27.5 Å². The summed E-state index contributed by atoms with van der Waals surface area (Å²) in [5, 5.41) is 0.641. The molecular formula is C21H24ClFN2O4S. The average Bonchev–Trinajstić information content (AvgIpc) is 2.74. The fraction of sp³-hybridized carbons (Fsp3) is 0.381. The van der Waals surface area contributed by atoms with E-state index in [1.165, 1.54) is 23.5 Å². The van der Waals surface area contributed by atoms with Gasteiger partial charge in [-0.05, 0) is 48.4 Å². The molecule has 1 aliphatic rings. The van der Waals surface area contributed by atoms with Gasteiger partial charge in [-0.1, -0.05) is 23.7 Å². The summed E-state index contributed by atoms with van der Waals surface area (Å²) in [5.74, 6) is -0.533. The maximum atomic E-state index is 13.0. The molecule has 0 aromatic heterocycles. The van der Waals surface area contributed by atoms with Crippen molar-refractivity contribution in [3.05, 3.63) is 64.9 Å². The van der Waals surface area contributed by atoms with Crippen LogP contribution in [0.5, 0.6) is 0 Å². The Kier molecular flexibility index (Phi) is 7.46. The number of hydrogen-bond acceptors (Lipinski definition) is 4. The number of rotatable bonds is 7. The lowest BCUT2D eigenvalue weighted by Crippen LogP contribution is -2.42. The molecule has 3 rings (SSSR count). The van der Waals surface area contributed by atoms with E-state index in [1.54, 1.807) is 17.0 Å². The third-order valence-electron chi connectivity index (χ3n) is 5.05. The van der Waals surface area contributed by atoms with Gasteiger partial charge < -0.3 is 9.64 Å². The minimum absolute atomic E-state index is 0.0247. The molecule has 1 unspecified atom stereocenters. The molecule has 1 atom stereocenters. The highest BCUT2D eigenvalue weighted by atomic mass is 35.5. The lowest BCUT2D eigenvalue weighted by Gasteiger charge is -2.33. The summed E-state index contributed by atoms with van der Waals surface area (Å²) in [6, 6.07) is 12.0. The van der Waals surface area contributed by atoms with Gasteiger partial charge in [-0.3, -0.25) is 4.79 Å². The van der Waals surface area contributed by atoms with E-state index in [-0.39, 0.29) is 29.9 Å². The van der Waals surface area contributed by atoms with Gasteiger partial charge >= 0.3 is 0 Å². The number of carbonyl (C=O) groups excluding carboxylic acids is 1. The molecular weight excluding hydrogens is 431 g/mol. The number of carbonyl (C=O) groups is 1. The molecule has 1 amide bonds. The molecule has 1 fully saturated rings. The van der Waals surface area contributed by atoms with Gasteiger partial charge in [0.25, 0.3) is 0 Å². The maximum Gasteiger partial charge on any atom is 0.242 e. The number of hydrogen-bond donors (Lipinski definition) is 0. The highest BCUT2D eigenvalue weighted by molar-refractivity contribution is 7.89. The van der Waals surface area contributed by atoms with Gasteiger partial charge in [0, 0.05) is 31.6 Å². The van der Waals surface area contributed by atoms with E-state index < -0.39 is 15.8 Å². The molecule has 162 valence electrons. The highest BCUT2D eigenvalue weighted by Gasteiger charge is 2.26. The second kappa shape index (κ2) is 9.87. The summed E-state index contributed by atoms with van der Waals surface area (Å²) >= 11 is 5.92. The van der Waals surface area contributed by atoms with Gasteiger partial charge in [-0.2, -0.15) is 0 Å². The zero-order valence-corrected chi connectivity index (χ0v) is 18.2. The monoisotopic (exact) mass is 454 g/mol. The molecule has 0 aliphatic carbocycles. The molecule has 0 spiro atoms. The molecule has 2 aromatic rings. The second-order valence-corrected chi connectivity index (χ2v) is 9.62. The van der Waals surface area contributed by atoms with Crippen LogP contribution in [0.4, 0.5) is 4.39 Å². The Hall–Kier alpha value is -2.00. The third kappa shape index (κ3) is 5.57. The van der Waals surface area contributed by atoms with Crippen LogP contribution >= 0.6 is 11.6 Å². The van der Waals surface area contributed by atoms with Gasteiger partial charge in [0.2, 0.25) is 15.9 Å². The summed E-state index contributed by atoms with van der Waals surface area (Å²) in [7, 11) is -2.26. The Balaban J connectivity index is 1.51. The number of nitrogens with zero attached hydrogens (tertiary/aromatic N) is 2. The maximum absolute atomic E-state index is 13.0. The number of ether oxygens (including phenoxy) is 1. The number of morpholine rings is 1. The molecule has 1 aliphatic heterocycles. The van der Waals surface area contributed by atoms with Crippen LogP contribution in [0.25, 0.3) is 0 Å². The minimum Gasteiger partial charge on any atom is -0.370 e. The van der Waals surface area contributed by atoms with Crippen molar-refractivity contribution in [1.29, 1.82) is 0 Å². The SMILES string of the molecule is CN(CCCC(=O)N1CCOC(c2ccc(Cl)cc2)C1)S(=O)(=O)c1ccc(F)cc1. The van der Waals surface area contributed by atoms with Crippen molar-refractivity contribution in [2.75, 3.05) is 33.3 Å². The van der Waals surface area contributed by atoms with E-state index >= 15 is 0 Å². The number of halogens is 2. The molecule has 1 heterocycles. The van der Waals surface area contributed by atoms with Crippen LogP contribution in [0.3, 0.4) is 0 Å². The first-order chi connectivity index (χ1) is 14.3. The lowest BCUT2D eigenvalue weighted by atomic mass is 10.1. The van der Waals surface area contributed by atoms with Gasteiger partial charge in [-0.25, -0.2) is 17.1 Å². The summed E-state index contributed by atoms with van der Waals surface area (Å²) in [6.07, 6.45) is 0.413. The molecule has 1 saturated heterocycles. The molecule has 0 bridgehead atoms. The molecule has 6 nitrogen and oxygen atoms in total. The lowest BCUT2D eigenvalue weighted by molar-refractivity contribution is -0.139. The van der Waals surface area contributed by atoms with E-state index in [9.17, 15) is 17.6 Å². The van der Waals surface area contributed by atoms with Crippen LogP contribution in [-0.4, -0.2) is 56.8 Å². The normalized spacial score (nSPS) is 17.3. The number of benzene rings is 2. The Bertz CT molecular complexity index is 968.